The fourth-order valence-electron chi connectivity index (χ4n) is 1.16. The number of aromatic nitrogens is 1. The van der Waals surface area contributed by atoms with E-state index in [1.165, 1.54) is 0 Å². The number of aromatic amines is 1. The van der Waals surface area contributed by atoms with Gasteiger partial charge in [-0.3, -0.25) is 0 Å². The number of nitrogens with one attached hydrogen (secondary N) is 1. The summed E-state index contributed by atoms with van der Waals surface area (Å²) in [6.45, 7) is -0.0343. The predicted molar refractivity (Wildman–Crippen MR) is 47.3 cm³/mol. The zero-order valence-corrected chi connectivity index (χ0v) is 7.02. The van der Waals surface area contributed by atoms with Gasteiger partial charge in [0.1, 0.15) is 0 Å². The van der Waals surface area contributed by atoms with Gasteiger partial charge in [-0.2, -0.15) is 0 Å². The Morgan fingerprint density at radius 1 is 1.50 bits per heavy atom. The van der Waals surface area contributed by atoms with Gasteiger partial charge in [-0.05, 0) is 18.3 Å². The summed E-state index contributed by atoms with van der Waals surface area (Å²) in [6, 6.07) is 5.50. The van der Waals surface area contributed by atoms with Crippen molar-refractivity contribution in [3.63, 3.8) is 0 Å². The highest BCUT2D eigenvalue weighted by Gasteiger charge is 2.02. The standard InChI is InChI=1S/C8H7NO2S/c10-4-5-2-1-3-6-7(5)11-8(12)9-6/h1-3,10H,4H2,(H,9,12). The molecule has 1 heterocycles. The Balaban J connectivity index is 2.87. The SMILES string of the molecule is OCc1cccc2[nH]c(=S)oc12. The van der Waals surface area contributed by atoms with Gasteiger partial charge in [0, 0.05) is 5.56 Å². The minimum absolute atomic E-state index is 0.0343. The fraction of sp³-hybridized carbons (Fsp3) is 0.125. The Bertz CT molecular complexity index is 457. The van der Waals surface area contributed by atoms with Crippen LogP contribution in [0, 0.1) is 4.84 Å². The second-order valence-electron chi connectivity index (χ2n) is 2.47. The molecule has 0 radical (unpaired) electrons. The van der Waals surface area contributed by atoms with E-state index in [9.17, 15) is 0 Å². The zero-order valence-electron chi connectivity index (χ0n) is 6.20. The van der Waals surface area contributed by atoms with Gasteiger partial charge >= 0.3 is 0 Å². The van der Waals surface area contributed by atoms with E-state index < -0.39 is 0 Å². The van der Waals surface area contributed by atoms with Crippen molar-refractivity contribution in [2.24, 2.45) is 0 Å². The Morgan fingerprint density at radius 3 is 3.08 bits per heavy atom. The minimum atomic E-state index is -0.0343. The average Bonchev–Trinajstić information content (AvgIpc) is 2.44. The third-order valence-corrected chi connectivity index (χ3v) is 1.88. The Labute approximate surface area is 73.6 Å². The predicted octanol–water partition coefficient (Wildman–Crippen LogP) is 1.98. The summed E-state index contributed by atoms with van der Waals surface area (Å²) in [4.78, 5) is 3.21. The second kappa shape index (κ2) is 2.73. The van der Waals surface area contributed by atoms with Gasteiger partial charge in [0.25, 0.3) is 4.84 Å². The normalized spacial score (nSPS) is 10.8. The molecule has 0 unspecified atom stereocenters. The summed E-state index contributed by atoms with van der Waals surface area (Å²) in [5.74, 6) is 0. The summed E-state index contributed by atoms with van der Waals surface area (Å²) in [5.41, 5.74) is 2.22. The van der Waals surface area contributed by atoms with Crippen molar-refractivity contribution >= 4 is 23.3 Å². The van der Waals surface area contributed by atoms with Crippen LogP contribution in [0.15, 0.2) is 22.6 Å². The lowest BCUT2D eigenvalue weighted by atomic mass is 10.2. The lowest BCUT2D eigenvalue weighted by molar-refractivity contribution is 0.281. The molecule has 0 amide bonds. The maximum absolute atomic E-state index is 8.94. The number of hydrogen-bond donors (Lipinski definition) is 2. The van der Waals surface area contributed by atoms with Crippen LogP contribution in [0.1, 0.15) is 5.56 Å². The highest BCUT2D eigenvalue weighted by molar-refractivity contribution is 7.71. The van der Waals surface area contributed by atoms with Crippen LogP contribution in [0.5, 0.6) is 0 Å². The van der Waals surface area contributed by atoms with Crippen molar-refractivity contribution in [3.05, 3.63) is 28.6 Å². The Kier molecular flexibility index (Phi) is 1.71. The topological polar surface area (TPSA) is 49.2 Å². The molecule has 2 N–H and O–H groups in total. The van der Waals surface area contributed by atoms with E-state index in [0.717, 1.165) is 11.1 Å². The molecule has 12 heavy (non-hydrogen) atoms. The Hall–Kier alpha value is -1.13. The van der Waals surface area contributed by atoms with E-state index in [-0.39, 0.29) is 6.61 Å². The van der Waals surface area contributed by atoms with E-state index in [0.29, 0.717) is 10.4 Å². The molecule has 2 aromatic rings. The molecule has 4 heteroatoms. The highest BCUT2D eigenvalue weighted by Crippen LogP contribution is 2.17. The number of benzene rings is 1. The van der Waals surface area contributed by atoms with E-state index in [1.54, 1.807) is 6.07 Å². The number of hydrogen-bond acceptors (Lipinski definition) is 3. The zero-order chi connectivity index (χ0) is 8.55. The number of oxazole rings is 1. The number of fused-ring (bicyclic) bond motifs is 1. The van der Waals surface area contributed by atoms with E-state index in [4.69, 9.17) is 21.7 Å². The molecule has 62 valence electrons. The molecule has 0 spiro atoms. The van der Waals surface area contributed by atoms with Crippen molar-refractivity contribution in [3.8, 4) is 0 Å². The maximum Gasteiger partial charge on any atom is 0.266 e. The number of para-hydroxylation sites is 1. The van der Waals surface area contributed by atoms with Crippen LogP contribution in [-0.4, -0.2) is 10.1 Å². The molecule has 3 nitrogen and oxygen atoms in total. The third kappa shape index (κ3) is 1.05. The Morgan fingerprint density at radius 2 is 2.33 bits per heavy atom. The van der Waals surface area contributed by atoms with Crippen LogP contribution in [0.2, 0.25) is 0 Å². The molecule has 0 aliphatic carbocycles. The largest absolute Gasteiger partial charge is 0.429 e. The first-order valence-corrected chi connectivity index (χ1v) is 3.93. The molecule has 0 saturated carbocycles. The van der Waals surface area contributed by atoms with Crippen LogP contribution in [-0.2, 0) is 6.61 Å². The first kappa shape index (κ1) is 7.52. The lowest BCUT2D eigenvalue weighted by Crippen LogP contribution is -1.81. The molecule has 1 aromatic carbocycles. The maximum atomic E-state index is 8.94. The number of rotatable bonds is 1. The molecule has 0 fully saturated rings. The number of H-pyrrole nitrogens is 1. The number of aliphatic hydroxyl groups excluding tert-OH is 1. The quantitative estimate of drug-likeness (QED) is 0.661. The monoisotopic (exact) mass is 181 g/mol. The smallest absolute Gasteiger partial charge is 0.266 e. The minimum Gasteiger partial charge on any atom is -0.429 e. The van der Waals surface area contributed by atoms with Gasteiger partial charge in [0.05, 0.1) is 12.1 Å². The molecule has 1 aromatic heterocycles. The van der Waals surface area contributed by atoms with Gasteiger partial charge in [-0.1, -0.05) is 12.1 Å². The molecule has 0 atom stereocenters. The van der Waals surface area contributed by atoms with Crippen molar-refractivity contribution in [2.45, 2.75) is 6.61 Å². The highest BCUT2D eigenvalue weighted by atomic mass is 32.1. The van der Waals surface area contributed by atoms with Crippen molar-refractivity contribution in [2.75, 3.05) is 0 Å². The van der Waals surface area contributed by atoms with Gasteiger partial charge in [-0.25, -0.2) is 0 Å². The van der Waals surface area contributed by atoms with Crippen molar-refractivity contribution < 1.29 is 9.52 Å². The molecular weight excluding hydrogens is 174 g/mol. The van der Waals surface area contributed by atoms with E-state index in [2.05, 4.69) is 4.98 Å². The van der Waals surface area contributed by atoms with Gasteiger partial charge in [0.2, 0.25) is 0 Å². The summed E-state index contributed by atoms with van der Waals surface area (Å²) in [7, 11) is 0. The summed E-state index contributed by atoms with van der Waals surface area (Å²) >= 11 is 4.82. The van der Waals surface area contributed by atoms with Crippen LogP contribution < -0.4 is 0 Å². The van der Waals surface area contributed by atoms with Crippen LogP contribution in [0.25, 0.3) is 11.1 Å². The summed E-state index contributed by atoms with van der Waals surface area (Å²) in [6.07, 6.45) is 0. The first-order valence-electron chi connectivity index (χ1n) is 3.53. The third-order valence-electron chi connectivity index (χ3n) is 1.70. The molecule has 0 aliphatic rings. The molecule has 2 rings (SSSR count). The van der Waals surface area contributed by atoms with Crippen LogP contribution >= 0.6 is 12.2 Å². The molecule has 0 aliphatic heterocycles. The average molecular weight is 181 g/mol. The molecule has 0 bridgehead atoms. The summed E-state index contributed by atoms with van der Waals surface area (Å²) in [5, 5.41) is 8.94. The fourth-order valence-corrected chi connectivity index (χ4v) is 1.35. The number of aliphatic hydroxyl groups is 1. The molecular formula is C8H7NO2S. The summed E-state index contributed by atoms with van der Waals surface area (Å²) < 4.78 is 5.19. The van der Waals surface area contributed by atoms with E-state index >= 15 is 0 Å². The van der Waals surface area contributed by atoms with Crippen molar-refractivity contribution in [1.82, 2.24) is 4.98 Å². The van der Waals surface area contributed by atoms with Gasteiger partial charge < -0.3 is 14.5 Å². The van der Waals surface area contributed by atoms with Crippen LogP contribution in [0.3, 0.4) is 0 Å². The first-order chi connectivity index (χ1) is 5.81. The van der Waals surface area contributed by atoms with Crippen molar-refractivity contribution in [1.29, 1.82) is 0 Å². The molecule has 0 saturated heterocycles. The lowest BCUT2D eigenvalue weighted by Gasteiger charge is -1.93. The second-order valence-corrected chi connectivity index (χ2v) is 2.84. The van der Waals surface area contributed by atoms with E-state index in [1.807, 2.05) is 12.1 Å². The van der Waals surface area contributed by atoms with Gasteiger partial charge in [-0.15, -0.1) is 0 Å². The van der Waals surface area contributed by atoms with Crippen LogP contribution in [0.4, 0.5) is 0 Å². The van der Waals surface area contributed by atoms with Gasteiger partial charge in [0.15, 0.2) is 5.58 Å².